The van der Waals surface area contributed by atoms with Crippen LogP contribution in [0, 0.1) is 6.92 Å². The average molecular weight is 331 g/mol. The molecule has 4 heterocycles. The highest BCUT2D eigenvalue weighted by molar-refractivity contribution is 7.10. The molecule has 0 N–H and O–H groups in total. The Morgan fingerprint density at radius 1 is 1.26 bits per heavy atom. The quantitative estimate of drug-likeness (QED) is 0.835. The second-order valence-electron chi connectivity index (χ2n) is 6.34. The zero-order chi connectivity index (χ0) is 16.0. The third-order valence-electron chi connectivity index (χ3n) is 4.99. The SMILES string of the molecule is Cc1nnc2n1CCN([C@H](C)C(=O)N1CCc3sccc3C1)C2. The highest BCUT2D eigenvalue weighted by Gasteiger charge is 2.31. The number of rotatable bonds is 2. The number of hydrogen-bond acceptors (Lipinski definition) is 5. The molecule has 0 saturated carbocycles. The Kier molecular flexibility index (Phi) is 3.69. The minimum atomic E-state index is -0.110. The molecule has 2 aliphatic rings. The monoisotopic (exact) mass is 331 g/mol. The van der Waals surface area contributed by atoms with Crippen LogP contribution in [-0.4, -0.2) is 49.6 Å². The first-order valence-electron chi connectivity index (χ1n) is 8.10. The maximum atomic E-state index is 12.9. The molecule has 2 aromatic heterocycles. The van der Waals surface area contributed by atoms with Crippen LogP contribution >= 0.6 is 11.3 Å². The van der Waals surface area contributed by atoms with Crippen molar-refractivity contribution in [2.45, 2.75) is 45.9 Å². The van der Waals surface area contributed by atoms with Crippen molar-refractivity contribution >= 4 is 17.2 Å². The van der Waals surface area contributed by atoms with Crippen LogP contribution in [0.2, 0.25) is 0 Å². The van der Waals surface area contributed by atoms with Crippen molar-refractivity contribution in [2.24, 2.45) is 0 Å². The number of carbonyl (C=O) groups is 1. The molecule has 0 bridgehead atoms. The Labute approximate surface area is 139 Å². The summed E-state index contributed by atoms with van der Waals surface area (Å²) in [6, 6.07) is 2.04. The predicted octanol–water partition coefficient (Wildman–Crippen LogP) is 1.44. The zero-order valence-electron chi connectivity index (χ0n) is 13.5. The number of hydrogen-bond donors (Lipinski definition) is 0. The molecule has 2 aliphatic heterocycles. The largest absolute Gasteiger partial charge is 0.337 e. The van der Waals surface area contributed by atoms with E-state index in [0.29, 0.717) is 6.54 Å². The van der Waals surface area contributed by atoms with E-state index < -0.39 is 0 Å². The molecule has 122 valence electrons. The second kappa shape index (κ2) is 5.72. The Hall–Kier alpha value is -1.73. The van der Waals surface area contributed by atoms with Gasteiger partial charge in [0.25, 0.3) is 0 Å². The third-order valence-corrected chi connectivity index (χ3v) is 6.02. The molecule has 0 fully saturated rings. The Morgan fingerprint density at radius 3 is 3.00 bits per heavy atom. The van der Waals surface area contributed by atoms with E-state index in [1.807, 2.05) is 18.7 Å². The number of nitrogens with zero attached hydrogens (tertiary/aromatic N) is 5. The van der Waals surface area contributed by atoms with Gasteiger partial charge in [0.15, 0.2) is 0 Å². The highest BCUT2D eigenvalue weighted by Crippen LogP contribution is 2.25. The van der Waals surface area contributed by atoms with Crippen LogP contribution in [0.1, 0.15) is 29.0 Å². The van der Waals surface area contributed by atoms with Gasteiger partial charge in [-0.05, 0) is 37.3 Å². The second-order valence-corrected chi connectivity index (χ2v) is 7.34. The van der Waals surface area contributed by atoms with Crippen molar-refractivity contribution in [3.63, 3.8) is 0 Å². The molecule has 4 rings (SSSR count). The van der Waals surface area contributed by atoms with Crippen LogP contribution in [-0.2, 0) is 30.8 Å². The molecule has 6 nitrogen and oxygen atoms in total. The first-order chi connectivity index (χ1) is 11.1. The summed E-state index contributed by atoms with van der Waals surface area (Å²) >= 11 is 1.80. The lowest BCUT2D eigenvalue weighted by Crippen LogP contribution is -2.50. The van der Waals surface area contributed by atoms with Crippen molar-refractivity contribution in [2.75, 3.05) is 13.1 Å². The lowest BCUT2D eigenvalue weighted by atomic mass is 10.1. The van der Waals surface area contributed by atoms with Gasteiger partial charge in [0, 0.05) is 31.1 Å². The zero-order valence-corrected chi connectivity index (χ0v) is 14.3. The molecular formula is C16H21N5OS. The first-order valence-corrected chi connectivity index (χ1v) is 8.98. The van der Waals surface area contributed by atoms with Crippen molar-refractivity contribution < 1.29 is 4.79 Å². The lowest BCUT2D eigenvalue weighted by Gasteiger charge is -2.36. The van der Waals surface area contributed by atoms with Crippen molar-refractivity contribution in [1.29, 1.82) is 0 Å². The summed E-state index contributed by atoms with van der Waals surface area (Å²) in [6.45, 7) is 8.02. The number of aromatic nitrogens is 3. The third kappa shape index (κ3) is 2.57. The number of thiophene rings is 1. The molecule has 0 radical (unpaired) electrons. The fourth-order valence-electron chi connectivity index (χ4n) is 3.51. The average Bonchev–Trinajstić information content (AvgIpc) is 3.19. The van der Waals surface area contributed by atoms with Crippen LogP contribution in [0.4, 0.5) is 0 Å². The van der Waals surface area contributed by atoms with Gasteiger partial charge in [0.2, 0.25) is 5.91 Å². The smallest absolute Gasteiger partial charge is 0.239 e. The van der Waals surface area contributed by atoms with Crippen LogP contribution in [0.3, 0.4) is 0 Å². The summed E-state index contributed by atoms with van der Waals surface area (Å²) in [4.78, 5) is 18.5. The molecule has 0 spiro atoms. The van der Waals surface area contributed by atoms with E-state index in [0.717, 1.165) is 44.2 Å². The van der Waals surface area contributed by atoms with Crippen molar-refractivity contribution in [3.8, 4) is 0 Å². The van der Waals surface area contributed by atoms with Gasteiger partial charge < -0.3 is 9.47 Å². The van der Waals surface area contributed by atoms with Crippen LogP contribution in [0.25, 0.3) is 0 Å². The number of fused-ring (bicyclic) bond motifs is 2. The minimum absolute atomic E-state index is 0.110. The van der Waals surface area contributed by atoms with E-state index in [9.17, 15) is 4.79 Å². The van der Waals surface area contributed by atoms with Crippen molar-refractivity contribution in [1.82, 2.24) is 24.6 Å². The minimum Gasteiger partial charge on any atom is -0.337 e. The summed E-state index contributed by atoms with van der Waals surface area (Å²) in [7, 11) is 0. The van der Waals surface area contributed by atoms with E-state index in [1.54, 1.807) is 11.3 Å². The number of aryl methyl sites for hydroxylation is 1. The van der Waals surface area contributed by atoms with Gasteiger partial charge in [-0.25, -0.2) is 0 Å². The van der Waals surface area contributed by atoms with Gasteiger partial charge in [0.05, 0.1) is 12.6 Å². The Bertz CT molecular complexity index is 737. The van der Waals surface area contributed by atoms with E-state index >= 15 is 0 Å². The summed E-state index contributed by atoms with van der Waals surface area (Å²) in [5, 5.41) is 10.5. The van der Waals surface area contributed by atoms with Crippen molar-refractivity contribution in [3.05, 3.63) is 33.5 Å². The normalized spacial score (nSPS) is 19.3. The fourth-order valence-corrected chi connectivity index (χ4v) is 4.40. The number of carbonyl (C=O) groups excluding carboxylic acids is 1. The van der Waals surface area contributed by atoms with Gasteiger partial charge in [0.1, 0.15) is 11.6 Å². The summed E-state index contributed by atoms with van der Waals surface area (Å²) in [5.74, 6) is 2.15. The first kappa shape index (κ1) is 14.8. The van der Waals surface area contributed by atoms with Crippen LogP contribution < -0.4 is 0 Å². The summed E-state index contributed by atoms with van der Waals surface area (Å²) < 4.78 is 2.15. The van der Waals surface area contributed by atoms with E-state index in [1.165, 1.54) is 10.4 Å². The summed E-state index contributed by atoms with van der Waals surface area (Å²) in [5.41, 5.74) is 1.32. The molecule has 1 atom stereocenters. The van der Waals surface area contributed by atoms with Crippen LogP contribution in [0.5, 0.6) is 0 Å². The van der Waals surface area contributed by atoms with Gasteiger partial charge in [-0.3, -0.25) is 9.69 Å². The van der Waals surface area contributed by atoms with E-state index in [2.05, 4.69) is 31.1 Å². The fraction of sp³-hybridized carbons (Fsp3) is 0.562. The summed E-state index contributed by atoms with van der Waals surface area (Å²) in [6.07, 6.45) is 0.985. The molecule has 1 amide bonds. The Balaban J connectivity index is 1.45. The molecular weight excluding hydrogens is 310 g/mol. The standard InChI is InChI=1S/C16H21N5OS/c1-11(19-6-7-21-12(2)17-18-15(21)10-19)16(22)20-5-3-14-13(9-20)4-8-23-14/h4,8,11H,3,5-7,9-10H2,1-2H3/t11-/m1/s1. The van der Waals surface area contributed by atoms with E-state index in [4.69, 9.17) is 0 Å². The van der Waals surface area contributed by atoms with Gasteiger partial charge in [-0.2, -0.15) is 0 Å². The topological polar surface area (TPSA) is 54.3 Å². The molecule has 7 heteroatoms. The molecule has 0 aromatic carbocycles. The number of amides is 1. The lowest BCUT2D eigenvalue weighted by molar-refractivity contribution is -0.138. The molecule has 0 saturated heterocycles. The van der Waals surface area contributed by atoms with Gasteiger partial charge in [-0.15, -0.1) is 21.5 Å². The maximum absolute atomic E-state index is 12.9. The van der Waals surface area contributed by atoms with E-state index in [-0.39, 0.29) is 11.9 Å². The molecule has 23 heavy (non-hydrogen) atoms. The molecule has 0 unspecified atom stereocenters. The maximum Gasteiger partial charge on any atom is 0.239 e. The molecule has 2 aromatic rings. The molecule has 0 aliphatic carbocycles. The predicted molar refractivity (Wildman–Crippen MR) is 88.1 cm³/mol. The Morgan fingerprint density at radius 2 is 2.13 bits per heavy atom. The highest BCUT2D eigenvalue weighted by atomic mass is 32.1. The van der Waals surface area contributed by atoms with Gasteiger partial charge >= 0.3 is 0 Å². The van der Waals surface area contributed by atoms with Gasteiger partial charge in [-0.1, -0.05) is 0 Å². The van der Waals surface area contributed by atoms with Crippen LogP contribution in [0.15, 0.2) is 11.4 Å².